The molecule has 20 heavy (non-hydrogen) atoms. The van der Waals surface area contributed by atoms with Gasteiger partial charge in [0.15, 0.2) is 0 Å². The molecule has 1 atom stereocenters. The van der Waals surface area contributed by atoms with Crippen LogP contribution in [-0.2, 0) is 16.0 Å². The molecule has 1 aromatic carbocycles. The highest BCUT2D eigenvalue weighted by Gasteiger charge is 2.28. The van der Waals surface area contributed by atoms with E-state index in [4.69, 9.17) is 0 Å². The Morgan fingerprint density at radius 2 is 2.00 bits per heavy atom. The van der Waals surface area contributed by atoms with E-state index in [0.29, 0.717) is 0 Å². The molecular weight excluding hydrogens is 272 g/mol. The molecule has 0 spiro atoms. The first-order valence-corrected chi connectivity index (χ1v) is 7.56. The van der Waals surface area contributed by atoms with Gasteiger partial charge in [-0.1, -0.05) is 18.2 Å². The lowest BCUT2D eigenvalue weighted by molar-refractivity contribution is -0.126. The summed E-state index contributed by atoms with van der Waals surface area (Å²) in [7, 11) is 0. The van der Waals surface area contributed by atoms with Crippen molar-refractivity contribution in [2.45, 2.75) is 42.9 Å². The topological polar surface area (TPSA) is 58.2 Å². The van der Waals surface area contributed by atoms with Gasteiger partial charge < -0.3 is 10.6 Å². The van der Waals surface area contributed by atoms with Crippen LogP contribution >= 0.6 is 11.8 Å². The minimum absolute atomic E-state index is 0.0313. The fraction of sp³-hybridized carbons (Fsp3) is 0.467. The minimum atomic E-state index is -0.278. The zero-order valence-corrected chi connectivity index (χ0v) is 12.8. The van der Waals surface area contributed by atoms with Gasteiger partial charge in [0.1, 0.15) is 0 Å². The summed E-state index contributed by atoms with van der Waals surface area (Å²) in [4.78, 5) is 24.9. The van der Waals surface area contributed by atoms with Gasteiger partial charge in [-0.2, -0.15) is 0 Å². The van der Waals surface area contributed by atoms with Crippen LogP contribution in [0, 0.1) is 0 Å². The largest absolute Gasteiger partial charge is 0.350 e. The quantitative estimate of drug-likeness (QED) is 0.892. The van der Waals surface area contributed by atoms with Gasteiger partial charge in [-0.05, 0) is 38.8 Å². The van der Waals surface area contributed by atoms with Crippen LogP contribution in [0.2, 0.25) is 0 Å². The predicted octanol–water partition coefficient (Wildman–Crippen LogP) is 1.73. The number of carbonyl (C=O) groups is 2. The highest BCUT2D eigenvalue weighted by Crippen LogP contribution is 2.36. The van der Waals surface area contributed by atoms with Gasteiger partial charge in [0.25, 0.3) is 0 Å². The molecule has 0 fully saturated rings. The fourth-order valence-electron chi connectivity index (χ4n) is 2.07. The molecule has 0 radical (unpaired) electrons. The summed E-state index contributed by atoms with van der Waals surface area (Å²) in [6.45, 7) is 5.77. The lowest BCUT2D eigenvalue weighted by Crippen LogP contribution is -2.47. The Balaban J connectivity index is 1.81. The SMILES string of the molecule is CC(C)(C)NC(=O)CNC(=O)C1Cc2ccccc2S1. The van der Waals surface area contributed by atoms with E-state index in [1.54, 1.807) is 11.8 Å². The smallest absolute Gasteiger partial charge is 0.239 e. The molecule has 0 saturated carbocycles. The van der Waals surface area contributed by atoms with Crippen molar-refractivity contribution in [2.24, 2.45) is 0 Å². The number of amides is 2. The van der Waals surface area contributed by atoms with E-state index in [0.717, 1.165) is 11.3 Å². The van der Waals surface area contributed by atoms with Gasteiger partial charge in [0, 0.05) is 10.4 Å². The number of carbonyl (C=O) groups excluding carboxylic acids is 2. The molecule has 0 aromatic heterocycles. The Hall–Kier alpha value is -1.49. The standard InChI is InChI=1S/C15H20N2O2S/c1-15(2,3)17-13(18)9-16-14(19)12-8-10-6-4-5-7-11(10)20-12/h4-7,12H,8-9H2,1-3H3,(H,16,19)(H,17,18). The second kappa shape index (κ2) is 5.87. The van der Waals surface area contributed by atoms with Gasteiger partial charge >= 0.3 is 0 Å². The van der Waals surface area contributed by atoms with Crippen molar-refractivity contribution < 1.29 is 9.59 Å². The summed E-state index contributed by atoms with van der Waals surface area (Å²) >= 11 is 1.57. The highest BCUT2D eigenvalue weighted by atomic mass is 32.2. The first kappa shape index (κ1) is 14.9. The average molecular weight is 292 g/mol. The lowest BCUT2D eigenvalue weighted by Gasteiger charge is -2.20. The van der Waals surface area contributed by atoms with Crippen LogP contribution in [0.5, 0.6) is 0 Å². The number of nitrogens with one attached hydrogen (secondary N) is 2. The van der Waals surface area contributed by atoms with Gasteiger partial charge in [-0.3, -0.25) is 9.59 Å². The highest BCUT2D eigenvalue weighted by molar-refractivity contribution is 8.01. The average Bonchev–Trinajstić information content (AvgIpc) is 2.77. The molecule has 0 saturated heterocycles. The molecule has 0 aliphatic carbocycles. The van der Waals surface area contributed by atoms with Crippen molar-refractivity contribution >= 4 is 23.6 Å². The Bertz CT molecular complexity index is 498. The molecule has 1 aliphatic rings. The van der Waals surface area contributed by atoms with Gasteiger partial charge in [-0.15, -0.1) is 11.8 Å². The first-order valence-electron chi connectivity index (χ1n) is 6.68. The monoisotopic (exact) mass is 292 g/mol. The first-order chi connectivity index (χ1) is 9.35. The summed E-state index contributed by atoms with van der Waals surface area (Å²) < 4.78 is 0. The van der Waals surface area contributed by atoms with E-state index < -0.39 is 0 Å². The van der Waals surface area contributed by atoms with Crippen LogP contribution in [0.4, 0.5) is 0 Å². The van der Waals surface area contributed by atoms with Gasteiger partial charge in [0.05, 0.1) is 11.8 Å². The second-order valence-corrected chi connectivity index (χ2v) is 7.18. The number of benzene rings is 1. The van der Waals surface area contributed by atoms with E-state index in [2.05, 4.69) is 10.6 Å². The number of thioether (sulfide) groups is 1. The number of rotatable bonds is 3. The van der Waals surface area contributed by atoms with Crippen LogP contribution in [-0.4, -0.2) is 29.1 Å². The van der Waals surface area contributed by atoms with Gasteiger partial charge in [-0.25, -0.2) is 0 Å². The van der Waals surface area contributed by atoms with Crippen molar-refractivity contribution in [2.75, 3.05) is 6.54 Å². The molecule has 5 heteroatoms. The lowest BCUT2D eigenvalue weighted by atomic mass is 10.1. The summed E-state index contributed by atoms with van der Waals surface area (Å²) in [5, 5.41) is 5.40. The molecule has 1 heterocycles. The molecule has 4 nitrogen and oxygen atoms in total. The maximum atomic E-state index is 12.1. The summed E-state index contributed by atoms with van der Waals surface area (Å²) in [5.74, 6) is -0.235. The zero-order valence-electron chi connectivity index (χ0n) is 12.0. The van der Waals surface area contributed by atoms with Crippen LogP contribution < -0.4 is 10.6 Å². The Labute approximate surface area is 123 Å². The molecule has 2 rings (SSSR count). The normalized spacial score (nSPS) is 17.4. The van der Waals surface area contributed by atoms with Crippen LogP contribution in [0.25, 0.3) is 0 Å². The van der Waals surface area contributed by atoms with Crippen molar-refractivity contribution in [1.82, 2.24) is 10.6 Å². The number of fused-ring (bicyclic) bond motifs is 1. The van der Waals surface area contributed by atoms with E-state index in [1.165, 1.54) is 5.56 Å². The third-order valence-corrected chi connectivity index (χ3v) is 4.19. The third-order valence-electron chi connectivity index (χ3n) is 2.88. The van der Waals surface area contributed by atoms with Crippen LogP contribution in [0.1, 0.15) is 26.3 Å². The maximum Gasteiger partial charge on any atom is 0.239 e. The molecule has 2 N–H and O–H groups in total. The van der Waals surface area contributed by atoms with Crippen LogP contribution in [0.3, 0.4) is 0 Å². The molecule has 0 bridgehead atoms. The van der Waals surface area contributed by atoms with E-state index in [9.17, 15) is 9.59 Å². The van der Waals surface area contributed by atoms with Crippen molar-refractivity contribution in [3.63, 3.8) is 0 Å². The Kier molecular flexibility index (Phi) is 4.38. The van der Waals surface area contributed by atoms with Gasteiger partial charge in [0.2, 0.25) is 11.8 Å². The minimum Gasteiger partial charge on any atom is -0.350 e. The Morgan fingerprint density at radius 3 is 2.65 bits per heavy atom. The number of hydrogen-bond donors (Lipinski definition) is 2. The van der Waals surface area contributed by atoms with Crippen molar-refractivity contribution in [3.8, 4) is 0 Å². The number of hydrogen-bond acceptors (Lipinski definition) is 3. The molecule has 108 valence electrons. The van der Waals surface area contributed by atoms with E-state index >= 15 is 0 Å². The summed E-state index contributed by atoms with van der Waals surface area (Å²) in [5.41, 5.74) is 0.928. The maximum absolute atomic E-state index is 12.1. The Morgan fingerprint density at radius 1 is 1.30 bits per heavy atom. The molecular formula is C15H20N2O2S. The van der Waals surface area contributed by atoms with E-state index in [1.807, 2.05) is 45.0 Å². The summed E-state index contributed by atoms with van der Waals surface area (Å²) in [6, 6.07) is 8.03. The molecule has 1 aliphatic heterocycles. The zero-order chi connectivity index (χ0) is 14.8. The van der Waals surface area contributed by atoms with Crippen LogP contribution in [0.15, 0.2) is 29.2 Å². The molecule has 2 amide bonds. The molecule has 1 aromatic rings. The van der Waals surface area contributed by atoms with Crippen molar-refractivity contribution in [3.05, 3.63) is 29.8 Å². The third kappa shape index (κ3) is 4.00. The van der Waals surface area contributed by atoms with Crippen molar-refractivity contribution in [1.29, 1.82) is 0 Å². The fourth-order valence-corrected chi connectivity index (χ4v) is 3.29. The summed E-state index contributed by atoms with van der Waals surface area (Å²) in [6.07, 6.45) is 0.730. The predicted molar refractivity (Wildman–Crippen MR) is 80.7 cm³/mol. The second-order valence-electron chi connectivity index (χ2n) is 5.93. The van der Waals surface area contributed by atoms with E-state index in [-0.39, 0.29) is 29.1 Å². The molecule has 1 unspecified atom stereocenters.